The second kappa shape index (κ2) is 9.25. The molecule has 1 aliphatic rings. The molecule has 138 valence electrons. The number of urea groups is 1. The Balaban J connectivity index is 1.31. The quantitative estimate of drug-likeness (QED) is 0.731. The maximum Gasteiger partial charge on any atom is 0.315 e. The summed E-state index contributed by atoms with van der Waals surface area (Å²) in [6, 6.07) is 18.6. The van der Waals surface area contributed by atoms with Crippen LogP contribution in [0.2, 0.25) is 0 Å². The summed E-state index contributed by atoms with van der Waals surface area (Å²) in [5, 5.41) is 5.87. The topological polar surface area (TPSA) is 48.8 Å². The molecule has 0 radical (unpaired) electrons. The van der Waals surface area contributed by atoms with Crippen molar-refractivity contribution >= 4 is 11.7 Å². The van der Waals surface area contributed by atoms with Crippen LogP contribution in [0.5, 0.6) is 0 Å². The summed E-state index contributed by atoms with van der Waals surface area (Å²) in [6.45, 7) is 8.73. The lowest BCUT2D eigenvalue weighted by atomic mass is 10.2. The first kappa shape index (κ1) is 18.3. The molecule has 2 amide bonds. The highest BCUT2D eigenvalue weighted by Crippen LogP contribution is 2.14. The predicted octanol–water partition coefficient (Wildman–Crippen LogP) is 1.20. The third kappa shape index (κ3) is 5.49. The molecule has 3 N–H and O–H groups in total. The minimum Gasteiger partial charge on any atom is -0.360 e. The van der Waals surface area contributed by atoms with Gasteiger partial charge in [-0.15, -0.1) is 0 Å². The molecule has 1 aliphatic heterocycles. The first-order valence-corrected chi connectivity index (χ1v) is 9.41. The Morgan fingerprint density at radius 3 is 2.38 bits per heavy atom. The number of hydrogen-bond donors (Lipinski definition) is 3. The highest BCUT2D eigenvalue weighted by molar-refractivity contribution is 5.73. The monoisotopic (exact) mass is 353 g/mol. The van der Waals surface area contributed by atoms with Gasteiger partial charge in [-0.05, 0) is 24.6 Å². The van der Waals surface area contributed by atoms with Crippen molar-refractivity contribution in [3.8, 4) is 0 Å². The molecule has 3 rings (SSSR count). The van der Waals surface area contributed by atoms with Crippen molar-refractivity contribution in [1.82, 2.24) is 10.6 Å². The van der Waals surface area contributed by atoms with Gasteiger partial charge in [0.15, 0.2) is 0 Å². The van der Waals surface area contributed by atoms with Crippen molar-refractivity contribution in [3.63, 3.8) is 0 Å². The van der Waals surface area contributed by atoms with Crippen molar-refractivity contribution in [2.75, 3.05) is 44.2 Å². The summed E-state index contributed by atoms with van der Waals surface area (Å²) in [7, 11) is 0. The van der Waals surface area contributed by atoms with E-state index in [1.165, 1.54) is 11.3 Å². The lowest BCUT2D eigenvalue weighted by Crippen LogP contribution is -3.15. The van der Waals surface area contributed by atoms with Crippen molar-refractivity contribution < 1.29 is 9.69 Å². The third-order valence-electron chi connectivity index (χ3n) is 4.93. The SMILES string of the molecule is Cc1ccc(N2CC[NH+](CCNC(=O)NCc3ccccc3)CC2)cc1. The number of rotatable bonds is 6. The first-order chi connectivity index (χ1) is 12.7. The van der Waals surface area contributed by atoms with E-state index >= 15 is 0 Å². The Hall–Kier alpha value is -2.53. The van der Waals surface area contributed by atoms with Gasteiger partial charge >= 0.3 is 6.03 Å². The van der Waals surface area contributed by atoms with E-state index in [0.717, 1.165) is 38.3 Å². The standard InChI is InChI=1S/C21H28N4O/c1-18-7-9-20(10-8-18)25-15-13-24(14-16-25)12-11-22-21(26)23-17-19-5-3-2-4-6-19/h2-10H,11-17H2,1H3,(H2,22,23,26)/p+1. The van der Waals surface area contributed by atoms with Gasteiger partial charge in [0.1, 0.15) is 0 Å². The molecule has 0 aromatic heterocycles. The van der Waals surface area contributed by atoms with E-state index in [-0.39, 0.29) is 6.03 Å². The van der Waals surface area contributed by atoms with Crippen molar-refractivity contribution in [2.24, 2.45) is 0 Å². The van der Waals surface area contributed by atoms with Crippen LogP contribution < -0.4 is 20.4 Å². The normalized spacial score (nSPS) is 14.9. The first-order valence-electron chi connectivity index (χ1n) is 9.41. The molecular weight excluding hydrogens is 324 g/mol. The summed E-state index contributed by atoms with van der Waals surface area (Å²) < 4.78 is 0. The summed E-state index contributed by atoms with van der Waals surface area (Å²) in [5.74, 6) is 0. The van der Waals surface area contributed by atoms with Crippen LogP contribution in [0.4, 0.5) is 10.5 Å². The number of piperazine rings is 1. The molecule has 0 saturated carbocycles. The number of benzene rings is 2. The van der Waals surface area contributed by atoms with Crippen LogP contribution in [0, 0.1) is 6.92 Å². The van der Waals surface area contributed by atoms with Crippen LogP contribution in [0.15, 0.2) is 54.6 Å². The molecule has 2 aromatic rings. The van der Waals surface area contributed by atoms with Crippen LogP contribution in [0.1, 0.15) is 11.1 Å². The molecule has 0 unspecified atom stereocenters. The number of nitrogens with one attached hydrogen (secondary N) is 3. The van der Waals surface area contributed by atoms with Gasteiger partial charge in [-0.25, -0.2) is 4.79 Å². The Kier molecular flexibility index (Phi) is 6.50. The van der Waals surface area contributed by atoms with Crippen LogP contribution in [0.3, 0.4) is 0 Å². The zero-order chi connectivity index (χ0) is 18.2. The van der Waals surface area contributed by atoms with Crippen LogP contribution in [-0.4, -0.2) is 45.3 Å². The van der Waals surface area contributed by atoms with Gasteiger partial charge in [0.25, 0.3) is 0 Å². The molecule has 0 bridgehead atoms. The lowest BCUT2D eigenvalue weighted by molar-refractivity contribution is -0.899. The maximum absolute atomic E-state index is 11.9. The fourth-order valence-electron chi connectivity index (χ4n) is 3.28. The smallest absolute Gasteiger partial charge is 0.315 e. The molecule has 2 aromatic carbocycles. The number of carbonyl (C=O) groups is 1. The molecule has 0 aliphatic carbocycles. The van der Waals surface area contributed by atoms with E-state index in [1.807, 2.05) is 30.3 Å². The van der Waals surface area contributed by atoms with Gasteiger partial charge in [-0.2, -0.15) is 0 Å². The Bertz CT molecular complexity index is 679. The summed E-state index contributed by atoms with van der Waals surface area (Å²) >= 11 is 0. The number of nitrogens with zero attached hydrogens (tertiary/aromatic N) is 1. The van der Waals surface area contributed by atoms with Gasteiger partial charge in [0.05, 0.1) is 39.3 Å². The molecule has 0 atom stereocenters. The van der Waals surface area contributed by atoms with E-state index in [4.69, 9.17) is 0 Å². The summed E-state index contributed by atoms with van der Waals surface area (Å²) in [6.07, 6.45) is 0. The fraction of sp³-hybridized carbons (Fsp3) is 0.381. The molecule has 26 heavy (non-hydrogen) atoms. The van der Waals surface area contributed by atoms with Crippen LogP contribution >= 0.6 is 0 Å². The number of amides is 2. The van der Waals surface area contributed by atoms with Crippen LogP contribution in [0.25, 0.3) is 0 Å². The van der Waals surface area contributed by atoms with Crippen molar-refractivity contribution in [2.45, 2.75) is 13.5 Å². The van der Waals surface area contributed by atoms with E-state index in [1.54, 1.807) is 4.90 Å². The van der Waals surface area contributed by atoms with Gasteiger partial charge in [0, 0.05) is 12.2 Å². The number of quaternary nitrogens is 1. The number of aryl methyl sites for hydroxylation is 1. The van der Waals surface area contributed by atoms with Gasteiger partial charge in [-0.1, -0.05) is 48.0 Å². The molecule has 1 heterocycles. The number of hydrogen-bond acceptors (Lipinski definition) is 2. The van der Waals surface area contributed by atoms with E-state index in [0.29, 0.717) is 13.1 Å². The van der Waals surface area contributed by atoms with Crippen molar-refractivity contribution in [3.05, 3.63) is 65.7 Å². The summed E-state index contributed by atoms with van der Waals surface area (Å²) in [4.78, 5) is 15.9. The van der Waals surface area contributed by atoms with Crippen molar-refractivity contribution in [1.29, 1.82) is 0 Å². The maximum atomic E-state index is 11.9. The van der Waals surface area contributed by atoms with Gasteiger partial charge in [0.2, 0.25) is 0 Å². The Labute approximate surface area is 156 Å². The molecule has 1 saturated heterocycles. The third-order valence-corrected chi connectivity index (χ3v) is 4.93. The predicted molar refractivity (Wildman–Crippen MR) is 106 cm³/mol. The average molecular weight is 353 g/mol. The number of anilines is 1. The molecular formula is C21H29N4O+. The minimum atomic E-state index is -0.0912. The van der Waals surface area contributed by atoms with E-state index in [9.17, 15) is 4.79 Å². The fourth-order valence-corrected chi connectivity index (χ4v) is 3.28. The molecule has 0 spiro atoms. The zero-order valence-corrected chi connectivity index (χ0v) is 15.5. The Morgan fingerprint density at radius 2 is 1.69 bits per heavy atom. The van der Waals surface area contributed by atoms with E-state index < -0.39 is 0 Å². The highest BCUT2D eigenvalue weighted by atomic mass is 16.2. The molecule has 5 heteroatoms. The second-order valence-corrected chi connectivity index (χ2v) is 6.92. The van der Waals surface area contributed by atoms with E-state index in [2.05, 4.69) is 46.7 Å². The Morgan fingerprint density at radius 1 is 1.00 bits per heavy atom. The zero-order valence-electron chi connectivity index (χ0n) is 15.5. The average Bonchev–Trinajstić information content (AvgIpc) is 2.68. The second-order valence-electron chi connectivity index (χ2n) is 6.92. The molecule has 1 fully saturated rings. The molecule has 5 nitrogen and oxygen atoms in total. The number of carbonyl (C=O) groups excluding carboxylic acids is 1. The lowest BCUT2D eigenvalue weighted by Gasteiger charge is -2.33. The largest absolute Gasteiger partial charge is 0.360 e. The van der Waals surface area contributed by atoms with Gasteiger partial charge in [-0.3, -0.25) is 0 Å². The minimum absolute atomic E-state index is 0.0912. The van der Waals surface area contributed by atoms with Gasteiger partial charge < -0.3 is 20.4 Å². The van der Waals surface area contributed by atoms with Crippen LogP contribution in [-0.2, 0) is 6.54 Å². The highest BCUT2D eigenvalue weighted by Gasteiger charge is 2.19. The summed E-state index contributed by atoms with van der Waals surface area (Å²) in [5.41, 5.74) is 3.73.